The van der Waals surface area contributed by atoms with Crippen LogP contribution in [0.15, 0.2) is 30.3 Å². The first-order chi connectivity index (χ1) is 10.1. The second-order valence-corrected chi connectivity index (χ2v) is 6.73. The fourth-order valence-electron chi connectivity index (χ4n) is 3.09. The normalized spacial score (nSPS) is 18.5. The van der Waals surface area contributed by atoms with E-state index in [9.17, 15) is 0 Å². The molecule has 1 atom stereocenters. The first-order valence-corrected chi connectivity index (χ1v) is 8.35. The van der Waals surface area contributed by atoms with Crippen LogP contribution in [0.25, 0.3) is 0 Å². The zero-order chi connectivity index (χ0) is 15.2. The molecule has 21 heavy (non-hydrogen) atoms. The fourth-order valence-corrected chi connectivity index (χ4v) is 3.09. The Labute approximate surface area is 130 Å². The van der Waals surface area contributed by atoms with Crippen LogP contribution >= 0.6 is 0 Å². The molecular formula is C18H31N3. The topological polar surface area (TPSA) is 18.5 Å². The number of anilines is 1. The largest absolute Gasteiger partial charge is 0.369 e. The molecule has 1 aromatic rings. The maximum absolute atomic E-state index is 3.61. The second kappa shape index (κ2) is 7.81. The molecule has 1 heterocycles. The zero-order valence-electron chi connectivity index (χ0n) is 14.0. The van der Waals surface area contributed by atoms with E-state index in [-0.39, 0.29) is 0 Å². The number of benzene rings is 1. The molecule has 1 aromatic carbocycles. The molecular weight excluding hydrogens is 258 g/mol. The van der Waals surface area contributed by atoms with Crippen LogP contribution < -0.4 is 10.2 Å². The number of rotatable bonds is 6. The third-order valence-corrected chi connectivity index (χ3v) is 4.41. The SMILES string of the molecule is CC(C)NCC(C(C)C)N1CCN(c2ccccc2)CC1. The summed E-state index contributed by atoms with van der Waals surface area (Å²) >= 11 is 0. The predicted molar refractivity (Wildman–Crippen MR) is 92.0 cm³/mol. The summed E-state index contributed by atoms with van der Waals surface area (Å²) in [5.41, 5.74) is 1.36. The van der Waals surface area contributed by atoms with Crippen LogP contribution in [0.1, 0.15) is 27.7 Å². The van der Waals surface area contributed by atoms with Gasteiger partial charge in [-0.05, 0) is 18.1 Å². The highest BCUT2D eigenvalue weighted by molar-refractivity contribution is 5.46. The third-order valence-electron chi connectivity index (χ3n) is 4.41. The van der Waals surface area contributed by atoms with Gasteiger partial charge in [0.1, 0.15) is 0 Å². The molecule has 1 aliphatic rings. The molecule has 2 rings (SSSR count). The Morgan fingerprint density at radius 1 is 0.952 bits per heavy atom. The lowest BCUT2D eigenvalue weighted by Gasteiger charge is -2.42. The molecule has 0 saturated carbocycles. The minimum Gasteiger partial charge on any atom is -0.369 e. The highest BCUT2D eigenvalue weighted by Gasteiger charge is 2.25. The summed E-state index contributed by atoms with van der Waals surface area (Å²) in [6.45, 7) is 14.8. The summed E-state index contributed by atoms with van der Waals surface area (Å²) in [6.07, 6.45) is 0. The molecule has 3 nitrogen and oxygen atoms in total. The Balaban J connectivity index is 1.89. The zero-order valence-corrected chi connectivity index (χ0v) is 14.0. The molecule has 1 N–H and O–H groups in total. The average molecular weight is 289 g/mol. The van der Waals surface area contributed by atoms with Gasteiger partial charge in [0, 0.05) is 50.5 Å². The molecule has 118 valence electrons. The Bertz CT molecular complexity index is 394. The highest BCUT2D eigenvalue weighted by Crippen LogP contribution is 2.18. The summed E-state index contributed by atoms with van der Waals surface area (Å²) in [6, 6.07) is 12.0. The smallest absolute Gasteiger partial charge is 0.0367 e. The molecule has 1 saturated heterocycles. The van der Waals surface area contributed by atoms with Gasteiger partial charge in [0.05, 0.1) is 0 Å². The van der Waals surface area contributed by atoms with E-state index in [4.69, 9.17) is 0 Å². The van der Waals surface area contributed by atoms with Crippen molar-refractivity contribution in [2.45, 2.75) is 39.8 Å². The van der Waals surface area contributed by atoms with Crippen molar-refractivity contribution in [1.29, 1.82) is 0 Å². The minimum atomic E-state index is 0.567. The monoisotopic (exact) mass is 289 g/mol. The summed E-state index contributed by atoms with van der Waals surface area (Å²) in [5.74, 6) is 0.694. The molecule has 0 spiro atoms. The number of nitrogens with one attached hydrogen (secondary N) is 1. The van der Waals surface area contributed by atoms with Crippen molar-refractivity contribution < 1.29 is 0 Å². The van der Waals surface area contributed by atoms with Gasteiger partial charge in [-0.3, -0.25) is 4.90 Å². The van der Waals surface area contributed by atoms with E-state index in [0.29, 0.717) is 18.0 Å². The number of nitrogens with zero attached hydrogens (tertiary/aromatic N) is 2. The highest BCUT2D eigenvalue weighted by atomic mass is 15.3. The predicted octanol–water partition coefficient (Wildman–Crippen LogP) is 2.83. The number of piperazine rings is 1. The lowest BCUT2D eigenvalue weighted by molar-refractivity contribution is 0.141. The van der Waals surface area contributed by atoms with E-state index in [2.05, 4.69) is 73.1 Å². The standard InChI is InChI=1S/C18H31N3/c1-15(2)18(14-19-16(3)4)21-12-10-20(11-13-21)17-8-6-5-7-9-17/h5-9,15-16,18-19H,10-14H2,1-4H3. The summed E-state index contributed by atoms with van der Waals surface area (Å²) in [4.78, 5) is 5.17. The first kappa shape index (κ1) is 16.3. The van der Waals surface area contributed by atoms with E-state index in [0.717, 1.165) is 32.7 Å². The maximum Gasteiger partial charge on any atom is 0.0367 e. The van der Waals surface area contributed by atoms with E-state index in [1.54, 1.807) is 0 Å². The van der Waals surface area contributed by atoms with Crippen molar-refractivity contribution in [3.05, 3.63) is 30.3 Å². The van der Waals surface area contributed by atoms with Crippen molar-refractivity contribution in [3.8, 4) is 0 Å². The molecule has 1 fully saturated rings. The Morgan fingerprint density at radius 3 is 2.10 bits per heavy atom. The number of hydrogen-bond donors (Lipinski definition) is 1. The summed E-state index contributed by atoms with van der Waals surface area (Å²) in [5, 5.41) is 3.61. The van der Waals surface area contributed by atoms with E-state index >= 15 is 0 Å². The van der Waals surface area contributed by atoms with Crippen LogP contribution in [0.4, 0.5) is 5.69 Å². The lowest BCUT2D eigenvalue weighted by Crippen LogP contribution is -2.55. The van der Waals surface area contributed by atoms with Crippen molar-refractivity contribution in [2.24, 2.45) is 5.92 Å². The molecule has 1 unspecified atom stereocenters. The Kier molecular flexibility index (Phi) is 6.07. The van der Waals surface area contributed by atoms with Gasteiger partial charge in [-0.15, -0.1) is 0 Å². The van der Waals surface area contributed by atoms with Gasteiger partial charge >= 0.3 is 0 Å². The van der Waals surface area contributed by atoms with E-state index in [1.807, 2.05) is 0 Å². The summed E-state index contributed by atoms with van der Waals surface area (Å²) in [7, 11) is 0. The Morgan fingerprint density at radius 2 is 1.57 bits per heavy atom. The van der Waals surface area contributed by atoms with Gasteiger partial charge in [0.25, 0.3) is 0 Å². The number of para-hydroxylation sites is 1. The second-order valence-electron chi connectivity index (χ2n) is 6.73. The summed E-state index contributed by atoms with van der Waals surface area (Å²) < 4.78 is 0. The van der Waals surface area contributed by atoms with Crippen LogP contribution in [0, 0.1) is 5.92 Å². The van der Waals surface area contributed by atoms with Crippen LogP contribution in [0.5, 0.6) is 0 Å². The van der Waals surface area contributed by atoms with Crippen LogP contribution in [0.2, 0.25) is 0 Å². The lowest BCUT2D eigenvalue weighted by atomic mass is 10.0. The van der Waals surface area contributed by atoms with Gasteiger partial charge in [0.15, 0.2) is 0 Å². The molecule has 0 aromatic heterocycles. The number of hydrogen-bond acceptors (Lipinski definition) is 3. The van der Waals surface area contributed by atoms with Gasteiger partial charge < -0.3 is 10.2 Å². The quantitative estimate of drug-likeness (QED) is 0.869. The molecule has 0 radical (unpaired) electrons. The molecule has 0 aliphatic carbocycles. The van der Waals surface area contributed by atoms with Gasteiger partial charge in [-0.2, -0.15) is 0 Å². The fraction of sp³-hybridized carbons (Fsp3) is 0.667. The molecule has 0 amide bonds. The molecule has 0 bridgehead atoms. The van der Waals surface area contributed by atoms with E-state index < -0.39 is 0 Å². The Hall–Kier alpha value is -1.06. The molecule has 3 heteroatoms. The van der Waals surface area contributed by atoms with Gasteiger partial charge in [-0.25, -0.2) is 0 Å². The van der Waals surface area contributed by atoms with Crippen LogP contribution in [-0.4, -0.2) is 49.7 Å². The first-order valence-electron chi connectivity index (χ1n) is 8.35. The van der Waals surface area contributed by atoms with Crippen molar-refractivity contribution in [3.63, 3.8) is 0 Å². The maximum atomic E-state index is 3.61. The van der Waals surface area contributed by atoms with Crippen LogP contribution in [-0.2, 0) is 0 Å². The van der Waals surface area contributed by atoms with Crippen LogP contribution in [0.3, 0.4) is 0 Å². The van der Waals surface area contributed by atoms with E-state index in [1.165, 1.54) is 5.69 Å². The van der Waals surface area contributed by atoms with Gasteiger partial charge in [0.2, 0.25) is 0 Å². The molecule has 1 aliphatic heterocycles. The van der Waals surface area contributed by atoms with Crippen molar-refractivity contribution in [2.75, 3.05) is 37.6 Å². The average Bonchev–Trinajstić information content (AvgIpc) is 2.48. The van der Waals surface area contributed by atoms with Crippen molar-refractivity contribution in [1.82, 2.24) is 10.2 Å². The third kappa shape index (κ3) is 4.72. The van der Waals surface area contributed by atoms with Gasteiger partial charge in [-0.1, -0.05) is 45.9 Å². The minimum absolute atomic E-state index is 0.567. The van der Waals surface area contributed by atoms with Crippen molar-refractivity contribution >= 4 is 5.69 Å².